The van der Waals surface area contributed by atoms with Crippen molar-refractivity contribution in [2.24, 2.45) is 0 Å². The van der Waals surface area contributed by atoms with Crippen LogP contribution in [-0.2, 0) is 20.9 Å². The minimum absolute atomic E-state index is 0.162. The molecule has 0 aliphatic carbocycles. The fourth-order valence-electron chi connectivity index (χ4n) is 1.16. The summed E-state index contributed by atoms with van der Waals surface area (Å²) in [6.07, 6.45) is 0. The van der Waals surface area contributed by atoms with Crippen LogP contribution in [0, 0.1) is 0 Å². The van der Waals surface area contributed by atoms with Crippen molar-refractivity contribution in [3.63, 3.8) is 0 Å². The maximum absolute atomic E-state index is 11.2. The van der Waals surface area contributed by atoms with Gasteiger partial charge in [-0.05, 0) is 30.7 Å². The molecular weight excluding hydrogens is 265 g/mol. The van der Waals surface area contributed by atoms with Gasteiger partial charge in [-0.25, -0.2) is 4.79 Å². The van der Waals surface area contributed by atoms with Gasteiger partial charge in [-0.1, -0.05) is 23.2 Å². The van der Waals surface area contributed by atoms with Gasteiger partial charge < -0.3 is 10.1 Å². The molecule has 0 fully saturated rings. The summed E-state index contributed by atoms with van der Waals surface area (Å²) < 4.78 is 4.54. The summed E-state index contributed by atoms with van der Waals surface area (Å²) in [5, 5.41) is 3.35. The van der Waals surface area contributed by atoms with E-state index in [1.807, 2.05) is 0 Å². The second kappa shape index (κ2) is 6.47. The number of halogens is 2. The highest BCUT2D eigenvalue weighted by Crippen LogP contribution is 2.18. The molecule has 1 rings (SSSR count). The highest BCUT2D eigenvalue weighted by atomic mass is 35.5. The molecule has 0 saturated carbocycles. The normalized spacial score (nSPS) is 9.82. The van der Waals surface area contributed by atoms with Crippen molar-refractivity contribution in [3.05, 3.63) is 33.8 Å². The van der Waals surface area contributed by atoms with Gasteiger partial charge in [0.2, 0.25) is 0 Å². The third-order valence-electron chi connectivity index (χ3n) is 1.84. The first-order chi connectivity index (χ1) is 8.02. The predicted molar refractivity (Wildman–Crippen MR) is 64.9 cm³/mol. The molecule has 0 bridgehead atoms. The van der Waals surface area contributed by atoms with Crippen molar-refractivity contribution in [2.75, 3.05) is 6.61 Å². The van der Waals surface area contributed by atoms with Gasteiger partial charge in [-0.3, -0.25) is 4.79 Å². The molecule has 0 aliphatic heterocycles. The molecule has 6 heteroatoms. The van der Waals surface area contributed by atoms with Crippen molar-refractivity contribution >= 4 is 35.1 Å². The van der Waals surface area contributed by atoms with Crippen LogP contribution in [0.25, 0.3) is 0 Å². The average Bonchev–Trinajstić information content (AvgIpc) is 2.25. The molecule has 4 nitrogen and oxygen atoms in total. The van der Waals surface area contributed by atoms with Crippen LogP contribution < -0.4 is 5.32 Å². The molecule has 0 aliphatic rings. The Balaban J connectivity index is 2.55. The van der Waals surface area contributed by atoms with Gasteiger partial charge in [-0.2, -0.15) is 0 Å². The monoisotopic (exact) mass is 275 g/mol. The van der Waals surface area contributed by atoms with Crippen LogP contribution in [0.2, 0.25) is 10.0 Å². The summed E-state index contributed by atoms with van der Waals surface area (Å²) >= 11 is 11.6. The first-order valence-corrected chi connectivity index (χ1v) is 5.68. The number of carbonyl (C=O) groups is 2. The molecule has 1 N–H and O–H groups in total. The predicted octanol–water partition coefficient (Wildman–Crippen LogP) is 2.17. The average molecular weight is 276 g/mol. The number of benzene rings is 1. The van der Waals surface area contributed by atoms with E-state index in [-0.39, 0.29) is 13.2 Å². The van der Waals surface area contributed by atoms with Crippen LogP contribution in [0.4, 0.5) is 0 Å². The van der Waals surface area contributed by atoms with E-state index in [4.69, 9.17) is 23.2 Å². The fraction of sp³-hybridized carbons (Fsp3) is 0.273. The molecule has 17 heavy (non-hydrogen) atoms. The quantitative estimate of drug-likeness (QED) is 0.680. The third kappa shape index (κ3) is 4.63. The molecule has 0 saturated heterocycles. The largest absolute Gasteiger partial charge is 0.459 e. The van der Waals surface area contributed by atoms with Gasteiger partial charge in [0.25, 0.3) is 0 Å². The van der Waals surface area contributed by atoms with Crippen molar-refractivity contribution < 1.29 is 14.3 Å². The molecule has 0 heterocycles. The SMILES string of the molecule is CCOC(=O)C(=O)NCc1cc(Cl)cc(Cl)c1. The van der Waals surface area contributed by atoms with Gasteiger partial charge in [-0.15, -0.1) is 0 Å². The van der Waals surface area contributed by atoms with Gasteiger partial charge in [0.1, 0.15) is 0 Å². The molecular formula is C11H11Cl2NO3. The van der Waals surface area contributed by atoms with E-state index in [0.29, 0.717) is 15.6 Å². The maximum atomic E-state index is 11.2. The molecule has 0 radical (unpaired) electrons. The number of nitrogens with one attached hydrogen (secondary N) is 1. The minimum Gasteiger partial charge on any atom is -0.459 e. The summed E-state index contributed by atoms with van der Waals surface area (Å²) in [5.41, 5.74) is 0.708. The zero-order valence-electron chi connectivity index (χ0n) is 9.13. The molecule has 1 amide bonds. The van der Waals surface area contributed by atoms with Crippen LogP contribution in [0.3, 0.4) is 0 Å². The smallest absolute Gasteiger partial charge is 0.396 e. The number of hydrogen-bond donors (Lipinski definition) is 1. The molecule has 0 aromatic heterocycles. The van der Waals surface area contributed by atoms with Gasteiger partial charge >= 0.3 is 11.9 Å². The van der Waals surface area contributed by atoms with Crippen LogP contribution in [0.1, 0.15) is 12.5 Å². The Morgan fingerprint density at radius 2 is 1.82 bits per heavy atom. The van der Waals surface area contributed by atoms with Gasteiger partial charge in [0.15, 0.2) is 0 Å². The lowest BCUT2D eigenvalue weighted by Gasteiger charge is -2.05. The topological polar surface area (TPSA) is 55.4 Å². The zero-order valence-corrected chi connectivity index (χ0v) is 10.6. The van der Waals surface area contributed by atoms with Gasteiger partial charge in [0.05, 0.1) is 6.61 Å². The zero-order chi connectivity index (χ0) is 12.8. The Morgan fingerprint density at radius 3 is 2.35 bits per heavy atom. The number of carbonyl (C=O) groups excluding carboxylic acids is 2. The van der Waals surface area contributed by atoms with E-state index >= 15 is 0 Å². The number of esters is 1. The Morgan fingerprint density at radius 1 is 1.24 bits per heavy atom. The molecule has 1 aromatic carbocycles. The van der Waals surface area contributed by atoms with E-state index < -0.39 is 11.9 Å². The fourth-order valence-corrected chi connectivity index (χ4v) is 1.74. The molecule has 0 spiro atoms. The molecule has 0 atom stereocenters. The van der Waals surface area contributed by atoms with Crippen molar-refractivity contribution in [1.29, 1.82) is 0 Å². The van der Waals surface area contributed by atoms with Gasteiger partial charge in [0, 0.05) is 16.6 Å². The lowest BCUT2D eigenvalue weighted by molar-refractivity contribution is -0.154. The summed E-state index contributed by atoms with van der Waals surface area (Å²) in [4.78, 5) is 22.2. The summed E-state index contributed by atoms with van der Waals surface area (Å²) in [5.74, 6) is -1.69. The van der Waals surface area contributed by atoms with E-state index in [0.717, 1.165) is 0 Å². The van der Waals surface area contributed by atoms with E-state index in [2.05, 4.69) is 10.1 Å². The van der Waals surface area contributed by atoms with E-state index in [1.54, 1.807) is 25.1 Å². The summed E-state index contributed by atoms with van der Waals surface area (Å²) in [6, 6.07) is 4.89. The van der Waals surface area contributed by atoms with Crippen molar-refractivity contribution in [1.82, 2.24) is 5.32 Å². The number of ether oxygens (including phenoxy) is 1. The van der Waals surface area contributed by atoms with Crippen LogP contribution in [0.5, 0.6) is 0 Å². The Labute approximate surface area is 109 Å². The Hall–Kier alpha value is -1.26. The first kappa shape index (κ1) is 13.8. The molecule has 0 unspecified atom stereocenters. The van der Waals surface area contributed by atoms with Crippen LogP contribution >= 0.6 is 23.2 Å². The number of amides is 1. The second-order valence-corrected chi connectivity index (χ2v) is 4.05. The Kier molecular flexibility index (Phi) is 5.25. The van der Waals surface area contributed by atoms with Crippen molar-refractivity contribution in [2.45, 2.75) is 13.5 Å². The lowest BCUT2D eigenvalue weighted by atomic mass is 10.2. The van der Waals surface area contributed by atoms with E-state index in [1.165, 1.54) is 0 Å². The standard InChI is InChI=1S/C11H11Cl2NO3/c1-2-17-11(16)10(15)14-6-7-3-8(12)5-9(13)4-7/h3-5H,2,6H2,1H3,(H,14,15). The highest BCUT2D eigenvalue weighted by Gasteiger charge is 2.13. The second-order valence-electron chi connectivity index (χ2n) is 3.18. The third-order valence-corrected chi connectivity index (χ3v) is 2.27. The van der Waals surface area contributed by atoms with E-state index in [9.17, 15) is 9.59 Å². The van der Waals surface area contributed by atoms with Crippen molar-refractivity contribution in [3.8, 4) is 0 Å². The van der Waals surface area contributed by atoms with Crippen LogP contribution in [0.15, 0.2) is 18.2 Å². The summed E-state index contributed by atoms with van der Waals surface area (Å²) in [6.45, 7) is 1.95. The van der Waals surface area contributed by atoms with Crippen LogP contribution in [-0.4, -0.2) is 18.5 Å². The Bertz CT molecular complexity index is 414. The first-order valence-electron chi connectivity index (χ1n) is 4.93. The summed E-state index contributed by atoms with van der Waals surface area (Å²) in [7, 11) is 0. The molecule has 92 valence electrons. The number of rotatable bonds is 3. The highest BCUT2D eigenvalue weighted by molar-refractivity contribution is 6.34. The lowest BCUT2D eigenvalue weighted by Crippen LogP contribution is -2.32. The maximum Gasteiger partial charge on any atom is 0.396 e. The molecule has 1 aromatic rings. The number of hydrogen-bond acceptors (Lipinski definition) is 3. The minimum atomic E-state index is -0.902.